The van der Waals surface area contributed by atoms with Gasteiger partial charge in [0.05, 0.1) is 17.4 Å². The number of carbonyl (C=O) groups is 1. The molecule has 0 aliphatic carbocycles. The molecular formula is C13H12F2N4O4. The van der Waals surface area contributed by atoms with Crippen molar-refractivity contribution < 1.29 is 23.2 Å². The fourth-order valence-electron chi connectivity index (χ4n) is 1.89. The molecule has 1 N–H and O–H groups in total. The highest BCUT2D eigenvalue weighted by molar-refractivity contribution is 5.92. The maximum Gasteiger partial charge on any atom is 0.387 e. The predicted molar refractivity (Wildman–Crippen MR) is 75.3 cm³/mol. The molecule has 0 unspecified atom stereocenters. The van der Waals surface area contributed by atoms with Gasteiger partial charge in [-0.05, 0) is 24.0 Å². The zero-order chi connectivity index (χ0) is 17.0. The number of halogens is 2. The number of hydrogen-bond donors (Lipinski definition) is 1. The first kappa shape index (κ1) is 16.3. The number of carbonyl (C=O) groups excluding carboxylic acids is 1. The number of amides is 1. The maximum atomic E-state index is 12.3. The molecule has 0 bridgehead atoms. The van der Waals surface area contributed by atoms with Crippen molar-refractivity contribution in [3.05, 3.63) is 46.1 Å². The minimum Gasteiger partial charge on any atom is -0.433 e. The summed E-state index contributed by atoms with van der Waals surface area (Å²) in [5.74, 6) is -1.21. The number of nitro groups is 1. The highest BCUT2D eigenvalue weighted by Crippen LogP contribution is 2.25. The Balaban J connectivity index is 2.13. The van der Waals surface area contributed by atoms with Crippen LogP contribution >= 0.6 is 0 Å². The first-order chi connectivity index (χ1) is 10.9. The van der Waals surface area contributed by atoms with Crippen LogP contribution < -0.4 is 10.1 Å². The lowest BCUT2D eigenvalue weighted by molar-refractivity contribution is -0.392. The third-order valence-corrected chi connectivity index (χ3v) is 2.74. The van der Waals surface area contributed by atoms with Gasteiger partial charge in [0.1, 0.15) is 5.75 Å². The second-order valence-corrected chi connectivity index (χ2v) is 4.48. The van der Waals surface area contributed by atoms with Crippen molar-refractivity contribution in [3.63, 3.8) is 0 Å². The number of ether oxygens (including phenoxy) is 1. The Morgan fingerprint density at radius 3 is 2.83 bits per heavy atom. The van der Waals surface area contributed by atoms with Gasteiger partial charge in [0.25, 0.3) is 5.91 Å². The molecule has 122 valence electrons. The van der Waals surface area contributed by atoms with E-state index in [1.54, 1.807) is 6.92 Å². The van der Waals surface area contributed by atoms with Crippen LogP contribution in [0.3, 0.4) is 0 Å². The van der Waals surface area contributed by atoms with Crippen molar-refractivity contribution >= 4 is 17.4 Å². The Labute approximate surface area is 128 Å². The van der Waals surface area contributed by atoms with E-state index in [0.717, 1.165) is 4.68 Å². The summed E-state index contributed by atoms with van der Waals surface area (Å²) in [5, 5.41) is 17.1. The van der Waals surface area contributed by atoms with Crippen molar-refractivity contribution in [3.8, 4) is 5.75 Å². The number of para-hydroxylation sites is 2. The van der Waals surface area contributed by atoms with E-state index in [-0.39, 0.29) is 17.3 Å². The van der Waals surface area contributed by atoms with Gasteiger partial charge < -0.3 is 20.2 Å². The Morgan fingerprint density at radius 2 is 2.17 bits per heavy atom. The molecule has 0 aliphatic heterocycles. The quantitative estimate of drug-likeness (QED) is 0.649. The van der Waals surface area contributed by atoms with Crippen LogP contribution in [0.2, 0.25) is 0 Å². The van der Waals surface area contributed by atoms with Gasteiger partial charge in [-0.3, -0.25) is 4.79 Å². The van der Waals surface area contributed by atoms with Crippen molar-refractivity contribution in [1.82, 2.24) is 9.78 Å². The number of nitrogens with one attached hydrogen (secondary N) is 1. The van der Waals surface area contributed by atoms with Crippen molar-refractivity contribution in [2.24, 2.45) is 0 Å². The Hall–Kier alpha value is -3.04. The van der Waals surface area contributed by atoms with E-state index >= 15 is 0 Å². The fourth-order valence-corrected chi connectivity index (χ4v) is 1.89. The molecule has 1 heterocycles. The van der Waals surface area contributed by atoms with Crippen molar-refractivity contribution in [1.29, 1.82) is 0 Å². The van der Waals surface area contributed by atoms with Crippen LogP contribution in [0, 0.1) is 17.0 Å². The van der Waals surface area contributed by atoms with Crippen LogP contribution in [-0.4, -0.2) is 27.2 Å². The minimum absolute atomic E-state index is 0.0318. The average Bonchev–Trinajstić information content (AvgIpc) is 2.81. The van der Waals surface area contributed by atoms with Crippen LogP contribution in [0.1, 0.15) is 5.69 Å². The van der Waals surface area contributed by atoms with Gasteiger partial charge in [-0.15, -0.1) is 4.68 Å². The van der Waals surface area contributed by atoms with Gasteiger partial charge in [0, 0.05) is 0 Å². The van der Waals surface area contributed by atoms with Crippen LogP contribution in [-0.2, 0) is 11.3 Å². The number of hydrogen-bond acceptors (Lipinski definition) is 5. The molecule has 0 spiro atoms. The summed E-state index contributed by atoms with van der Waals surface area (Å²) in [6.07, 6.45) is 0. The SMILES string of the molecule is Cc1cc([N+](=O)[O-])n(CC(=O)Nc2ccccc2OC(F)F)n1. The van der Waals surface area contributed by atoms with Crippen LogP contribution in [0.15, 0.2) is 30.3 Å². The number of alkyl halides is 2. The Bertz CT molecular complexity index is 733. The molecule has 2 aromatic rings. The summed E-state index contributed by atoms with van der Waals surface area (Å²) < 4.78 is 29.8. The maximum absolute atomic E-state index is 12.3. The molecule has 0 saturated heterocycles. The number of aromatic nitrogens is 2. The average molecular weight is 326 g/mol. The molecule has 2 rings (SSSR count). The van der Waals surface area contributed by atoms with E-state index in [9.17, 15) is 23.7 Å². The lowest BCUT2D eigenvalue weighted by atomic mass is 10.3. The Kier molecular flexibility index (Phi) is 4.84. The van der Waals surface area contributed by atoms with Gasteiger partial charge in [-0.2, -0.15) is 8.78 Å². The first-order valence-corrected chi connectivity index (χ1v) is 6.39. The molecule has 10 heteroatoms. The molecule has 0 fully saturated rings. The highest BCUT2D eigenvalue weighted by Gasteiger charge is 2.20. The lowest BCUT2D eigenvalue weighted by Gasteiger charge is -2.10. The second kappa shape index (κ2) is 6.81. The number of anilines is 1. The number of benzene rings is 1. The molecule has 0 atom stereocenters. The van der Waals surface area contributed by atoms with Crippen molar-refractivity contribution in [2.75, 3.05) is 5.32 Å². The molecule has 8 nitrogen and oxygen atoms in total. The van der Waals surface area contributed by atoms with Gasteiger partial charge in [0.15, 0.2) is 6.54 Å². The minimum atomic E-state index is -3.04. The highest BCUT2D eigenvalue weighted by atomic mass is 19.3. The summed E-state index contributed by atoms with van der Waals surface area (Å²) in [4.78, 5) is 22.2. The van der Waals surface area contributed by atoms with Crippen LogP contribution in [0.5, 0.6) is 5.75 Å². The molecule has 0 radical (unpaired) electrons. The third-order valence-electron chi connectivity index (χ3n) is 2.74. The van der Waals surface area contributed by atoms with E-state index in [0.29, 0.717) is 5.69 Å². The summed E-state index contributed by atoms with van der Waals surface area (Å²) in [7, 11) is 0. The smallest absolute Gasteiger partial charge is 0.387 e. The van der Waals surface area contributed by atoms with Crippen molar-refractivity contribution in [2.45, 2.75) is 20.1 Å². The summed E-state index contributed by atoms with van der Waals surface area (Å²) in [6.45, 7) is -1.93. The summed E-state index contributed by atoms with van der Waals surface area (Å²) >= 11 is 0. The predicted octanol–water partition coefficient (Wildman–Crippen LogP) is 2.34. The zero-order valence-corrected chi connectivity index (χ0v) is 11.9. The molecule has 23 heavy (non-hydrogen) atoms. The van der Waals surface area contributed by atoms with Gasteiger partial charge >= 0.3 is 12.4 Å². The largest absolute Gasteiger partial charge is 0.433 e. The number of aryl methyl sites for hydroxylation is 1. The summed E-state index contributed by atoms with van der Waals surface area (Å²) in [6, 6.07) is 6.85. The molecule has 0 aliphatic rings. The van der Waals surface area contributed by atoms with E-state index < -0.39 is 24.0 Å². The van der Waals surface area contributed by atoms with E-state index in [4.69, 9.17) is 0 Å². The Morgan fingerprint density at radius 1 is 1.48 bits per heavy atom. The molecule has 0 saturated carbocycles. The number of rotatable bonds is 6. The third kappa shape index (κ3) is 4.22. The monoisotopic (exact) mass is 326 g/mol. The molecule has 1 amide bonds. The fraction of sp³-hybridized carbons (Fsp3) is 0.231. The zero-order valence-electron chi connectivity index (χ0n) is 11.9. The van der Waals surface area contributed by atoms with E-state index in [1.165, 1.54) is 30.3 Å². The van der Waals surface area contributed by atoms with Gasteiger partial charge in [-0.1, -0.05) is 17.2 Å². The lowest BCUT2D eigenvalue weighted by Crippen LogP contribution is -2.21. The van der Waals surface area contributed by atoms with Crippen LogP contribution in [0.25, 0.3) is 0 Å². The first-order valence-electron chi connectivity index (χ1n) is 6.39. The van der Waals surface area contributed by atoms with Gasteiger partial charge in [-0.25, -0.2) is 0 Å². The molecule has 1 aromatic heterocycles. The topological polar surface area (TPSA) is 99.3 Å². The molecular weight excluding hydrogens is 314 g/mol. The van der Waals surface area contributed by atoms with E-state index in [1.807, 2.05) is 0 Å². The van der Waals surface area contributed by atoms with E-state index in [2.05, 4.69) is 15.2 Å². The van der Waals surface area contributed by atoms with Gasteiger partial charge in [0.2, 0.25) is 0 Å². The molecule has 1 aromatic carbocycles. The summed E-state index contributed by atoms with van der Waals surface area (Å²) in [5.41, 5.74) is 0.412. The normalized spacial score (nSPS) is 10.6. The van der Waals surface area contributed by atoms with Crippen LogP contribution in [0.4, 0.5) is 20.3 Å². The number of nitrogens with zero attached hydrogens (tertiary/aromatic N) is 3. The standard InChI is InChI=1S/C13H12F2N4O4/c1-8-6-12(19(21)22)18(17-8)7-11(20)16-9-4-2-3-5-10(9)23-13(14)15/h2-6,13H,7H2,1H3,(H,16,20). The second-order valence-electron chi connectivity index (χ2n) is 4.48.